The second-order valence-electron chi connectivity index (χ2n) is 5.62. The molecule has 138 valence electrons. The molecule has 0 aliphatic heterocycles. The number of benzene rings is 3. The molecule has 6 heteroatoms. The summed E-state index contributed by atoms with van der Waals surface area (Å²) in [6.45, 7) is 0.841. The van der Waals surface area contributed by atoms with Crippen LogP contribution < -0.4 is 14.8 Å². The van der Waals surface area contributed by atoms with Gasteiger partial charge in [-0.3, -0.25) is 4.79 Å². The van der Waals surface area contributed by atoms with Crippen molar-refractivity contribution in [1.82, 2.24) is 0 Å². The van der Waals surface area contributed by atoms with E-state index >= 15 is 0 Å². The van der Waals surface area contributed by atoms with Crippen molar-refractivity contribution in [3.63, 3.8) is 0 Å². The van der Waals surface area contributed by atoms with Crippen molar-refractivity contribution in [2.75, 3.05) is 18.5 Å². The smallest absolute Gasteiger partial charge is 0.255 e. The van der Waals surface area contributed by atoms with E-state index in [9.17, 15) is 4.79 Å². The van der Waals surface area contributed by atoms with Gasteiger partial charge >= 0.3 is 0 Å². The number of anilines is 1. The van der Waals surface area contributed by atoms with E-state index in [-0.39, 0.29) is 5.91 Å². The van der Waals surface area contributed by atoms with Crippen LogP contribution in [-0.2, 0) is 0 Å². The van der Waals surface area contributed by atoms with E-state index in [4.69, 9.17) is 32.7 Å². The van der Waals surface area contributed by atoms with E-state index in [1.807, 2.05) is 30.3 Å². The average molecular weight is 402 g/mol. The number of halogens is 2. The summed E-state index contributed by atoms with van der Waals surface area (Å²) in [5.74, 6) is 1.22. The quantitative estimate of drug-likeness (QED) is 0.516. The molecular formula is C21H17Cl2NO3. The molecule has 27 heavy (non-hydrogen) atoms. The predicted octanol–water partition coefficient (Wildman–Crippen LogP) is 5.70. The Hall–Kier alpha value is -2.69. The summed E-state index contributed by atoms with van der Waals surface area (Å²) in [6, 6.07) is 21.3. The van der Waals surface area contributed by atoms with Gasteiger partial charge in [-0.25, -0.2) is 0 Å². The van der Waals surface area contributed by atoms with Crippen molar-refractivity contribution in [3.8, 4) is 11.5 Å². The fourth-order valence-corrected chi connectivity index (χ4v) is 2.61. The van der Waals surface area contributed by atoms with E-state index in [0.29, 0.717) is 40.3 Å². The van der Waals surface area contributed by atoms with Gasteiger partial charge in [-0.05, 0) is 54.6 Å². The lowest BCUT2D eigenvalue weighted by atomic mass is 10.2. The van der Waals surface area contributed by atoms with Crippen LogP contribution in [0.5, 0.6) is 11.5 Å². The zero-order valence-corrected chi connectivity index (χ0v) is 15.8. The molecule has 0 aliphatic rings. The molecule has 3 aromatic rings. The van der Waals surface area contributed by atoms with Gasteiger partial charge in [0, 0.05) is 11.3 Å². The van der Waals surface area contributed by atoms with Crippen LogP contribution in [0.25, 0.3) is 0 Å². The highest BCUT2D eigenvalue weighted by molar-refractivity contribution is 6.42. The third-order valence-electron chi connectivity index (χ3n) is 3.66. The molecule has 0 bridgehead atoms. The Morgan fingerprint density at radius 3 is 2.04 bits per heavy atom. The number of nitrogens with one attached hydrogen (secondary N) is 1. The van der Waals surface area contributed by atoms with Gasteiger partial charge in [-0.2, -0.15) is 0 Å². The first-order valence-electron chi connectivity index (χ1n) is 8.29. The van der Waals surface area contributed by atoms with E-state index in [1.165, 1.54) is 0 Å². The molecule has 1 N–H and O–H groups in total. The van der Waals surface area contributed by atoms with Gasteiger partial charge in [-0.1, -0.05) is 41.4 Å². The van der Waals surface area contributed by atoms with Gasteiger partial charge in [0.05, 0.1) is 10.0 Å². The lowest BCUT2D eigenvalue weighted by Gasteiger charge is -2.09. The Bertz CT molecular complexity index is 899. The summed E-state index contributed by atoms with van der Waals surface area (Å²) >= 11 is 11.8. The largest absolute Gasteiger partial charge is 0.490 e. The molecule has 0 aliphatic carbocycles. The molecule has 0 aromatic heterocycles. The molecule has 0 atom stereocenters. The minimum absolute atomic E-state index is 0.243. The lowest BCUT2D eigenvalue weighted by Crippen LogP contribution is -2.12. The zero-order chi connectivity index (χ0) is 19.1. The van der Waals surface area contributed by atoms with E-state index in [2.05, 4.69) is 5.32 Å². The van der Waals surface area contributed by atoms with Crippen molar-refractivity contribution in [1.29, 1.82) is 0 Å². The third-order valence-corrected chi connectivity index (χ3v) is 4.40. The van der Waals surface area contributed by atoms with Gasteiger partial charge in [-0.15, -0.1) is 0 Å². The molecule has 0 radical (unpaired) electrons. The maximum atomic E-state index is 12.3. The van der Waals surface area contributed by atoms with Crippen LogP contribution in [0, 0.1) is 0 Å². The zero-order valence-electron chi connectivity index (χ0n) is 14.3. The fraction of sp³-hybridized carbons (Fsp3) is 0.0952. The third kappa shape index (κ3) is 5.64. The van der Waals surface area contributed by atoms with Crippen molar-refractivity contribution in [3.05, 3.63) is 88.4 Å². The van der Waals surface area contributed by atoms with Crippen molar-refractivity contribution >= 4 is 34.8 Å². The van der Waals surface area contributed by atoms with Crippen molar-refractivity contribution in [2.45, 2.75) is 0 Å². The van der Waals surface area contributed by atoms with Crippen LogP contribution in [0.15, 0.2) is 72.8 Å². The summed E-state index contributed by atoms with van der Waals surface area (Å²) in [6.07, 6.45) is 0. The summed E-state index contributed by atoms with van der Waals surface area (Å²) in [5, 5.41) is 3.60. The standard InChI is InChI=1S/C21H17Cl2NO3/c22-19-11-8-16(14-20(19)23)24-21(25)15-6-9-18(10-7-15)27-13-12-26-17-4-2-1-3-5-17/h1-11,14H,12-13H2,(H,24,25). The number of hydrogen-bond acceptors (Lipinski definition) is 3. The topological polar surface area (TPSA) is 47.6 Å². The highest BCUT2D eigenvalue weighted by Crippen LogP contribution is 2.25. The molecular weight excluding hydrogens is 385 g/mol. The number of carbonyl (C=O) groups excluding carboxylic acids is 1. The summed E-state index contributed by atoms with van der Waals surface area (Å²) in [4.78, 5) is 12.3. The second kappa shape index (κ2) is 9.31. The van der Waals surface area contributed by atoms with Gasteiger partial charge in [0.1, 0.15) is 24.7 Å². The van der Waals surface area contributed by atoms with E-state index in [1.54, 1.807) is 42.5 Å². The number of hydrogen-bond donors (Lipinski definition) is 1. The first kappa shape index (κ1) is 19.1. The van der Waals surface area contributed by atoms with Gasteiger partial charge in [0.15, 0.2) is 0 Å². The van der Waals surface area contributed by atoms with Crippen molar-refractivity contribution in [2.24, 2.45) is 0 Å². The molecule has 4 nitrogen and oxygen atoms in total. The number of ether oxygens (including phenoxy) is 2. The predicted molar refractivity (Wildman–Crippen MR) is 108 cm³/mol. The van der Waals surface area contributed by atoms with Crippen LogP contribution >= 0.6 is 23.2 Å². The monoisotopic (exact) mass is 401 g/mol. The molecule has 0 fully saturated rings. The van der Waals surface area contributed by atoms with Crippen LogP contribution in [0.1, 0.15) is 10.4 Å². The molecule has 1 amide bonds. The Balaban J connectivity index is 1.49. The van der Waals surface area contributed by atoms with E-state index < -0.39 is 0 Å². The first-order chi connectivity index (χ1) is 13.1. The summed E-state index contributed by atoms with van der Waals surface area (Å²) < 4.78 is 11.2. The summed E-state index contributed by atoms with van der Waals surface area (Å²) in [5.41, 5.74) is 1.08. The van der Waals surface area contributed by atoms with Gasteiger partial charge < -0.3 is 14.8 Å². The number of carbonyl (C=O) groups is 1. The molecule has 0 saturated carbocycles. The van der Waals surface area contributed by atoms with Gasteiger partial charge in [0.25, 0.3) is 5.91 Å². The fourth-order valence-electron chi connectivity index (χ4n) is 2.32. The van der Waals surface area contributed by atoms with Crippen LogP contribution in [-0.4, -0.2) is 19.1 Å². The van der Waals surface area contributed by atoms with Crippen molar-refractivity contribution < 1.29 is 14.3 Å². The second-order valence-corrected chi connectivity index (χ2v) is 6.43. The Morgan fingerprint density at radius 2 is 1.41 bits per heavy atom. The van der Waals surface area contributed by atoms with Crippen LogP contribution in [0.4, 0.5) is 5.69 Å². The number of rotatable bonds is 7. The maximum Gasteiger partial charge on any atom is 0.255 e. The van der Waals surface area contributed by atoms with E-state index in [0.717, 1.165) is 5.75 Å². The lowest BCUT2D eigenvalue weighted by molar-refractivity contribution is 0.102. The highest BCUT2D eigenvalue weighted by Gasteiger charge is 2.08. The molecule has 3 rings (SSSR count). The number of amides is 1. The Kier molecular flexibility index (Phi) is 6.58. The molecule has 3 aromatic carbocycles. The summed E-state index contributed by atoms with van der Waals surface area (Å²) in [7, 11) is 0. The average Bonchev–Trinajstić information content (AvgIpc) is 2.69. The molecule has 0 heterocycles. The Morgan fingerprint density at radius 1 is 0.778 bits per heavy atom. The van der Waals surface area contributed by atoms with Crippen LogP contribution in [0.3, 0.4) is 0 Å². The highest BCUT2D eigenvalue weighted by atomic mass is 35.5. The van der Waals surface area contributed by atoms with Gasteiger partial charge in [0.2, 0.25) is 0 Å². The normalized spacial score (nSPS) is 10.3. The minimum Gasteiger partial charge on any atom is -0.490 e. The van der Waals surface area contributed by atoms with Crippen LogP contribution in [0.2, 0.25) is 10.0 Å². The number of para-hydroxylation sites is 1. The maximum absolute atomic E-state index is 12.3. The SMILES string of the molecule is O=C(Nc1ccc(Cl)c(Cl)c1)c1ccc(OCCOc2ccccc2)cc1. The molecule has 0 unspecified atom stereocenters. The first-order valence-corrected chi connectivity index (χ1v) is 9.04. The molecule has 0 spiro atoms. The Labute approximate surface area is 167 Å². The molecule has 0 saturated heterocycles. The minimum atomic E-state index is -0.243.